The third-order valence-corrected chi connectivity index (χ3v) is 4.65. The van der Waals surface area contributed by atoms with Gasteiger partial charge in [0.25, 0.3) is 0 Å². The SMILES string of the molecule is COc1ccc(CC(CC(=O)Cc2ccc(Cl)c(F)c2)c2noc(=O)[nH]2)cc1. The van der Waals surface area contributed by atoms with Crippen LogP contribution >= 0.6 is 11.6 Å². The number of carbonyl (C=O) groups is 1. The van der Waals surface area contributed by atoms with Crippen molar-refractivity contribution in [2.24, 2.45) is 0 Å². The number of methoxy groups -OCH3 is 1. The fourth-order valence-corrected chi connectivity index (χ4v) is 3.07. The maximum Gasteiger partial charge on any atom is 0.438 e. The highest BCUT2D eigenvalue weighted by Crippen LogP contribution is 2.24. The summed E-state index contributed by atoms with van der Waals surface area (Å²) < 4.78 is 23.3. The Bertz CT molecular complexity index is 1010. The molecular weight excluding hydrogens is 387 g/mol. The molecule has 0 aliphatic carbocycles. The van der Waals surface area contributed by atoms with Gasteiger partial charge in [-0.05, 0) is 41.8 Å². The molecule has 0 aliphatic heterocycles. The Hall–Kier alpha value is -2.93. The highest BCUT2D eigenvalue weighted by Gasteiger charge is 2.21. The number of rotatable bonds is 8. The molecule has 6 nitrogen and oxygen atoms in total. The number of aromatic amines is 1. The summed E-state index contributed by atoms with van der Waals surface area (Å²) in [6.07, 6.45) is 0.626. The van der Waals surface area contributed by atoms with Crippen LogP contribution < -0.4 is 10.5 Å². The lowest BCUT2D eigenvalue weighted by Gasteiger charge is -2.13. The Labute approximate surface area is 165 Å². The molecule has 146 valence electrons. The van der Waals surface area contributed by atoms with Gasteiger partial charge in [-0.25, -0.2) is 9.18 Å². The first-order valence-electron chi connectivity index (χ1n) is 8.59. The summed E-state index contributed by atoms with van der Waals surface area (Å²) in [5.74, 6) is -0.731. The van der Waals surface area contributed by atoms with Crippen molar-refractivity contribution in [1.82, 2.24) is 10.1 Å². The van der Waals surface area contributed by atoms with E-state index in [1.165, 1.54) is 12.1 Å². The zero-order valence-corrected chi connectivity index (χ0v) is 15.8. The molecule has 28 heavy (non-hydrogen) atoms. The molecule has 1 atom stereocenters. The summed E-state index contributed by atoms with van der Waals surface area (Å²) in [5.41, 5.74) is 1.48. The number of ether oxygens (including phenoxy) is 1. The number of halogens is 2. The molecule has 0 spiro atoms. The van der Waals surface area contributed by atoms with Gasteiger partial charge in [-0.2, -0.15) is 0 Å². The fourth-order valence-electron chi connectivity index (χ4n) is 2.95. The maximum atomic E-state index is 13.6. The molecule has 0 saturated heterocycles. The summed E-state index contributed by atoms with van der Waals surface area (Å²) in [5, 5.41) is 3.74. The number of benzene rings is 2. The maximum absolute atomic E-state index is 13.6. The number of carbonyl (C=O) groups excluding carboxylic acids is 1. The smallest absolute Gasteiger partial charge is 0.438 e. The molecular formula is C20H18ClFN2O4. The second-order valence-corrected chi connectivity index (χ2v) is 6.80. The van der Waals surface area contributed by atoms with Gasteiger partial charge in [-0.1, -0.05) is 35.0 Å². The van der Waals surface area contributed by atoms with Gasteiger partial charge in [-0.3, -0.25) is 14.3 Å². The number of ketones is 1. The largest absolute Gasteiger partial charge is 0.497 e. The van der Waals surface area contributed by atoms with Gasteiger partial charge in [0.15, 0.2) is 5.82 Å². The average molecular weight is 405 g/mol. The highest BCUT2D eigenvalue weighted by atomic mass is 35.5. The molecule has 1 aromatic heterocycles. The summed E-state index contributed by atoms with van der Waals surface area (Å²) in [4.78, 5) is 26.4. The molecule has 1 heterocycles. The minimum atomic E-state index is -0.679. The summed E-state index contributed by atoms with van der Waals surface area (Å²) in [6, 6.07) is 11.7. The lowest BCUT2D eigenvalue weighted by atomic mass is 9.91. The van der Waals surface area contributed by atoms with Crippen LogP contribution in [0.1, 0.15) is 29.3 Å². The van der Waals surface area contributed by atoms with Crippen LogP contribution in [0.25, 0.3) is 0 Å². The van der Waals surface area contributed by atoms with Gasteiger partial charge in [0.1, 0.15) is 17.3 Å². The van der Waals surface area contributed by atoms with Gasteiger partial charge >= 0.3 is 5.76 Å². The average Bonchev–Trinajstić information content (AvgIpc) is 3.11. The van der Waals surface area contributed by atoms with Crippen LogP contribution in [0.2, 0.25) is 5.02 Å². The van der Waals surface area contributed by atoms with Crippen LogP contribution in [0.3, 0.4) is 0 Å². The predicted molar refractivity (Wildman–Crippen MR) is 101 cm³/mol. The minimum absolute atomic E-state index is 0.00811. The molecule has 3 aromatic rings. The first kappa shape index (κ1) is 19.8. The van der Waals surface area contributed by atoms with E-state index < -0.39 is 11.6 Å². The van der Waals surface area contributed by atoms with Gasteiger partial charge < -0.3 is 4.74 Å². The highest BCUT2D eigenvalue weighted by molar-refractivity contribution is 6.30. The van der Waals surface area contributed by atoms with Crippen LogP contribution in [0, 0.1) is 5.82 Å². The van der Waals surface area contributed by atoms with Gasteiger partial charge in [-0.15, -0.1) is 0 Å². The monoisotopic (exact) mass is 404 g/mol. The Morgan fingerprint density at radius 3 is 2.57 bits per heavy atom. The van der Waals surface area contributed by atoms with E-state index in [0.29, 0.717) is 17.8 Å². The lowest BCUT2D eigenvalue weighted by molar-refractivity contribution is -0.118. The number of nitrogens with zero attached hydrogens (tertiary/aromatic N) is 1. The van der Waals surface area contributed by atoms with Crippen molar-refractivity contribution in [3.8, 4) is 5.75 Å². The van der Waals surface area contributed by atoms with Crippen molar-refractivity contribution in [2.45, 2.75) is 25.2 Å². The molecule has 1 N–H and O–H groups in total. The Morgan fingerprint density at radius 2 is 1.96 bits per heavy atom. The van der Waals surface area contributed by atoms with E-state index in [4.69, 9.17) is 16.3 Å². The normalized spacial score (nSPS) is 12.0. The van der Waals surface area contributed by atoms with Crippen LogP contribution in [0.5, 0.6) is 5.75 Å². The van der Waals surface area contributed by atoms with Crippen molar-refractivity contribution in [2.75, 3.05) is 7.11 Å². The zero-order valence-electron chi connectivity index (χ0n) is 15.1. The third kappa shape index (κ3) is 5.07. The topological polar surface area (TPSA) is 85.2 Å². The van der Waals surface area contributed by atoms with Crippen LogP contribution in [0.4, 0.5) is 4.39 Å². The van der Waals surface area contributed by atoms with Crippen molar-refractivity contribution >= 4 is 17.4 Å². The lowest BCUT2D eigenvalue weighted by Crippen LogP contribution is -2.14. The van der Waals surface area contributed by atoms with E-state index in [0.717, 1.165) is 11.3 Å². The van der Waals surface area contributed by atoms with Crippen LogP contribution in [-0.4, -0.2) is 23.0 Å². The predicted octanol–water partition coefficient (Wildman–Crippen LogP) is 3.69. The molecule has 0 saturated carbocycles. The van der Waals surface area contributed by atoms with Crippen molar-refractivity contribution in [3.05, 3.63) is 80.8 Å². The number of aromatic nitrogens is 2. The quantitative estimate of drug-likeness (QED) is 0.618. The summed E-state index contributed by atoms with van der Waals surface area (Å²) in [6.45, 7) is 0. The molecule has 1 unspecified atom stereocenters. The summed E-state index contributed by atoms with van der Waals surface area (Å²) >= 11 is 5.67. The van der Waals surface area contributed by atoms with Gasteiger partial charge in [0.05, 0.1) is 12.1 Å². The third-order valence-electron chi connectivity index (χ3n) is 4.34. The number of hydrogen-bond acceptors (Lipinski definition) is 5. The fraction of sp³-hybridized carbons (Fsp3) is 0.250. The van der Waals surface area contributed by atoms with E-state index in [2.05, 4.69) is 14.7 Å². The van der Waals surface area contributed by atoms with Crippen LogP contribution in [0.15, 0.2) is 51.8 Å². The number of nitrogens with one attached hydrogen (secondary N) is 1. The Balaban J connectivity index is 1.75. The van der Waals surface area contributed by atoms with E-state index in [1.807, 2.05) is 24.3 Å². The molecule has 3 rings (SSSR count). The van der Waals surface area contributed by atoms with Crippen molar-refractivity contribution in [1.29, 1.82) is 0 Å². The van der Waals surface area contributed by atoms with Crippen molar-refractivity contribution < 1.29 is 18.4 Å². The second kappa shape index (κ2) is 8.84. The molecule has 0 fully saturated rings. The van der Waals surface area contributed by atoms with E-state index in [9.17, 15) is 14.0 Å². The number of hydrogen-bond donors (Lipinski definition) is 1. The molecule has 2 aromatic carbocycles. The first-order chi connectivity index (χ1) is 13.4. The van der Waals surface area contributed by atoms with Gasteiger partial charge in [0.2, 0.25) is 0 Å². The number of Topliss-reactive ketones (excluding diaryl/α,β-unsaturated/α-hetero) is 1. The molecule has 0 radical (unpaired) electrons. The van der Waals surface area contributed by atoms with Crippen molar-refractivity contribution in [3.63, 3.8) is 0 Å². The Kier molecular flexibility index (Phi) is 6.26. The summed E-state index contributed by atoms with van der Waals surface area (Å²) in [7, 11) is 1.58. The molecule has 8 heteroatoms. The standard InChI is InChI=1S/C20H18ClFN2O4/c1-27-16-5-2-12(3-6-16)8-14(19-23-20(26)28-24-19)11-15(25)9-13-4-7-17(21)18(22)10-13/h2-7,10,14H,8-9,11H2,1H3,(H,23,24,26). The van der Waals surface area contributed by atoms with Crippen LogP contribution in [-0.2, 0) is 17.6 Å². The van der Waals surface area contributed by atoms with E-state index >= 15 is 0 Å². The number of H-pyrrole nitrogens is 1. The molecule has 0 bridgehead atoms. The van der Waals surface area contributed by atoms with E-state index in [-0.39, 0.29) is 29.6 Å². The van der Waals surface area contributed by atoms with E-state index in [1.54, 1.807) is 13.2 Å². The van der Waals surface area contributed by atoms with Gasteiger partial charge in [0, 0.05) is 18.8 Å². The Morgan fingerprint density at radius 1 is 1.25 bits per heavy atom. The molecule has 0 amide bonds. The zero-order chi connectivity index (χ0) is 20.1. The second-order valence-electron chi connectivity index (χ2n) is 6.40. The minimum Gasteiger partial charge on any atom is -0.497 e. The molecule has 0 aliphatic rings. The first-order valence-corrected chi connectivity index (χ1v) is 8.97.